The molecular formula is C32H32ClF2N9S. The monoisotopic (exact) mass is 647 g/mol. The quantitative estimate of drug-likeness (QED) is 0.210. The van der Waals surface area contributed by atoms with Crippen LogP contribution >= 0.6 is 22.9 Å². The maximum Gasteiger partial charge on any atom is 0.228 e. The third kappa shape index (κ3) is 5.24. The lowest BCUT2D eigenvalue weighted by Gasteiger charge is -2.36. The number of nitrogens with zero attached hydrogens (tertiary/aromatic N) is 7. The zero-order valence-corrected chi connectivity index (χ0v) is 26.8. The number of pyridine rings is 1. The molecule has 5 aromatic rings. The number of nitriles is 1. The highest BCUT2D eigenvalue weighted by Gasteiger charge is 2.29. The second kappa shape index (κ2) is 11.9. The number of hydrogen-bond donors (Lipinski definition) is 2. The van der Waals surface area contributed by atoms with Gasteiger partial charge in [0.05, 0.1) is 21.3 Å². The second-order valence-electron chi connectivity index (χ2n) is 11.5. The maximum absolute atomic E-state index is 17.0. The van der Waals surface area contributed by atoms with Crippen molar-refractivity contribution >= 4 is 66.5 Å². The Morgan fingerprint density at radius 3 is 2.53 bits per heavy atom. The van der Waals surface area contributed by atoms with Crippen LogP contribution in [0.2, 0.25) is 5.02 Å². The number of nitrogens with two attached hydrogens (primary N) is 2. The first-order valence-corrected chi connectivity index (χ1v) is 15.7. The van der Waals surface area contributed by atoms with Crippen LogP contribution in [-0.2, 0) is 0 Å². The molecule has 0 radical (unpaired) electrons. The number of thiophene rings is 1. The van der Waals surface area contributed by atoms with E-state index in [0.29, 0.717) is 42.1 Å². The third-order valence-corrected chi connectivity index (χ3v) is 10.1. The first-order valence-electron chi connectivity index (χ1n) is 14.5. The summed E-state index contributed by atoms with van der Waals surface area (Å²) in [6.07, 6.45) is 3.43. The SMILES string of the molecule is C[C@H](c1cccnc1N)N(C)c1nc(N2CCC(N(C)C)CC2)nc2c(F)c(-c3ccc(F)c4sc(N)c(C#N)c34)c(Cl)cc12. The van der Waals surface area contributed by atoms with Gasteiger partial charge in [-0.1, -0.05) is 23.7 Å². The second-order valence-corrected chi connectivity index (χ2v) is 12.9. The van der Waals surface area contributed by atoms with E-state index in [1.165, 1.54) is 12.1 Å². The fraction of sp³-hybridized carbons (Fsp3) is 0.312. The van der Waals surface area contributed by atoms with Gasteiger partial charge in [0.15, 0.2) is 5.82 Å². The average Bonchev–Trinajstić information content (AvgIpc) is 3.38. The molecule has 232 valence electrons. The Labute approximate surface area is 268 Å². The summed E-state index contributed by atoms with van der Waals surface area (Å²) in [5.74, 6) is -0.00978. The molecule has 0 bridgehead atoms. The number of halogens is 3. The molecule has 0 saturated carbocycles. The molecule has 1 fully saturated rings. The van der Waals surface area contributed by atoms with Gasteiger partial charge in [-0.3, -0.25) is 0 Å². The molecule has 1 atom stereocenters. The Kier molecular flexibility index (Phi) is 8.11. The van der Waals surface area contributed by atoms with Crippen LogP contribution in [0.5, 0.6) is 0 Å². The third-order valence-electron chi connectivity index (χ3n) is 8.76. The molecular weight excluding hydrogens is 616 g/mol. The molecule has 0 spiro atoms. The number of anilines is 4. The average molecular weight is 648 g/mol. The number of hydrogen-bond acceptors (Lipinski definition) is 10. The van der Waals surface area contributed by atoms with Crippen LogP contribution in [-0.4, -0.2) is 60.1 Å². The minimum absolute atomic E-state index is 0.0117. The Hall–Kier alpha value is -4.31. The molecule has 2 aromatic carbocycles. The minimum atomic E-state index is -0.700. The van der Waals surface area contributed by atoms with Gasteiger partial charge in [-0.05, 0) is 57.6 Å². The standard InChI is InChI=1S/C32H32ClF2N9S/c1-16(18-6-5-11-39-29(18)37)43(4)31-20-14-22(33)25(19-7-8-23(34)28-24(19)21(15-36)30(38)45-28)26(35)27(20)40-32(41-31)44-12-9-17(10-13-44)42(2)3/h5-8,11,14,16-17H,9-10,12-13,38H2,1-4H3,(H2,37,39)/t16-/m1/s1. The Bertz CT molecular complexity index is 1980. The van der Waals surface area contributed by atoms with E-state index < -0.39 is 11.6 Å². The molecule has 45 heavy (non-hydrogen) atoms. The number of fused-ring (bicyclic) bond motifs is 2. The van der Waals surface area contributed by atoms with Crippen molar-refractivity contribution < 1.29 is 8.78 Å². The highest BCUT2D eigenvalue weighted by atomic mass is 35.5. The van der Waals surface area contributed by atoms with E-state index in [-0.39, 0.29) is 48.4 Å². The molecule has 1 aliphatic heterocycles. The Morgan fingerprint density at radius 2 is 1.87 bits per heavy atom. The van der Waals surface area contributed by atoms with Crippen LogP contribution in [0.4, 0.5) is 31.4 Å². The van der Waals surface area contributed by atoms with Gasteiger partial charge in [0, 0.05) is 54.3 Å². The molecule has 4 heterocycles. The predicted molar refractivity (Wildman–Crippen MR) is 179 cm³/mol. The van der Waals surface area contributed by atoms with Crippen molar-refractivity contribution in [1.29, 1.82) is 5.26 Å². The first kappa shape index (κ1) is 30.7. The first-order chi connectivity index (χ1) is 21.5. The summed E-state index contributed by atoms with van der Waals surface area (Å²) in [6, 6.07) is 10.2. The van der Waals surface area contributed by atoms with Gasteiger partial charge in [0.1, 0.15) is 34.0 Å². The molecule has 4 N–H and O–H groups in total. The van der Waals surface area contributed by atoms with Crippen LogP contribution in [0.1, 0.15) is 36.9 Å². The summed E-state index contributed by atoms with van der Waals surface area (Å²) >= 11 is 7.80. The fourth-order valence-corrected chi connectivity index (χ4v) is 7.34. The number of piperidine rings is 1. The smallest absolute Gasteiger partial charge is 0.228 e. The zero-order chi connectivity index (χ0) is 32.2. The van der Waals surface area contributed by atoms with Gasteiger partial charge >= 0.3 is 0 Å². The molecule has 1 aliphatic rings. The predicted octanol–water partition coefficient (Wildman–Crippen LogP) is 6.60. The van der Waals surface area contributed by atoms with Crippen molar-refractivity contribution in [2.24, 2.45) is 0 Å². The van der Waals surface area contributed by atoms with Gasteiger partial charge in [0.25, 0.3) is 0 Å². The van der Waals surface area contributed by atoms with Gasteiger partial charge in [-0.25, -0.2) is 18.7 Å². The van der Waals surface area contributed by atoms with Crippen LogP contribution < -0.4 is 21.3 Å². The molecule has 6 rings (SSSR count). The van der Waals surface area contributed by atoms with Crippen LogP contribution in [0.15, 0.2) is 36.5 Å². The van der Waals surface area contributed by atoms with E-state index in [0.717, 1.165) is 29.7 Å². The Balaban J connectivity index is 1.58. The summed E-state index contributed by atoms with van der Waals surface area (Å²) in [5.41, 5.74) is 13.5. The van der Waals surface area contributed by atoms with Crippen LogP contribution in [0, 0.1) is 23.0 Å². The molecule has 0 aliphatic carbocycles. The van der Waals surface area contributed by atoms with Gasteiger partial charge < -0.3 is 26.2 Å². The molecule has 3 aromatic heterocycles. The highest BCUT2D eigenvalue weighted by molar-refractivity contribution is 7.23. The minimum Gasteiger partial charge on any atom is -0.389 e. The van der Waals surface area contributed by atoms with E-state index in [1.807, 2.05) is 37.1 Å². The largest absolute Gasteiger partial charge is 0.389 e. The number of benzene rings is 2. The number of nitrogen functional groups attached to an aromatic ring is 2. The van der Waals surface area contributed by atoms with E-state index in [9.17, 15) is 9.65 Å². The molecule has 9 nitrogen and oxygen atoms in total. The topological polar surface area (TPSA) is 124 Å². The Morgan fingerprint density at radius 1 is 1.13 bits per heavy atom. The van der Waals surface area contributed by atoms with Gasteiger partial charge in [0.2, 0.25) is 5.95 Å². The van der Waals surface area contributed by atoms with E-state index in [2.05, 4.69) is 28.9 Å². The van der Waals surface area contributed by atoms with Gasteiger partial charge in [-0.2, -0.15) is 10.2 Å². The van der Waals surface area contributed by atoms with E-state index in [1.54, 1.807) is 12.3 Å². The summed E-state index contributed by atoms with van der Waals surface area (Å²) in [6.45, 7) is 3.36. The van der Waals surface area contributed by atoms with Gasteiger partial charge in [-0.15, -0.1) is 11.3 Å². The molecule has 1 saturated heterocycles. The lowest BCUT2D eigenvalue weighted by molar-refractivity contribution is 0.249. The van der Waals surface area contributed by atoms with Crippen molar-refractivity contribution in [2.45, 2.75) is 31.8 Å². The summed E-state index contributed by atoms with van der Waals surface area (Å²) < 4.78 is 32.0. The van der Waals surface area contributed by atoms with Crippen molar-refractivity contribution in [1.82, 2.24) is 19.9 Å². The molecule has 13 heteroatoms. The van der Waals surface area contributed by atoms with Crippen molar-refractivity contribution in [3.8, 4) is 17.2 Å². The fourth-order valence-electron chi connectivity index (χ4n) is 6.09. The summed E-state index contributed by atoms with van der Waals surface area (Å²) in [7, 11) is 5.99. The highest BCUT2D eigenvalue weighted by Crippen LogP contribution is 2.46. The van der Waals surface area contributed by atoms with Crippen LogP contribution in [0.25, 0.3) is 32.1 Å². The lowest BCUT2D eigenvalue weighted by Crippen LogP contribution is -2.42. The number of aromatic nitrogens is 3. The van der Waals surface area contributed by atoms with Crippen molar-refractivity contribution in [2.75, 3.05) is 55.5 Å². The molecule has 0 amide bonds. The summed E-state index contributed by atoms with van der Waals surface area (Å²) in [5, 5.41) is 10.7. The van der Waals surface area contributed by atoms with E-state index in [4.69, 9.17) is 33.0 Å². The maximum atomic E-state index is 17.0. The van der Waals surface area contributed by atoms with Crippen molar-refractivity contribution in [3.63, 3.8) is 0 Å². The lowest BCUT2D eigenvalue weighted by atomic mass is 9.97. The normalized spacial score (nSPS) is 14.8. The van der Waals surface area contributed by atoms with Crippen LogP contribution in [0.3, 0.4) is 0 Å². The van der Waals surface area contributed by atoms with E-state index >= 15 is 4.39 Å². The zero-order valence-electron chi connectivity index (χ0n) is 25.3. The molecule has 0 unspecified atom stereocenters. The van der Waals surface area contributed by atoms with Crippen molar-refractivity contribution in [3.05, 3.63) is 64.3 Å². The number of rotatable bonds is 6. The summed E-state index contributed by atoms with van der Waals surface area (Å²) in [4.78, 5) is 20.2.